The van der Waals surface area contributed by atoms with E-state index in [1.165, 1.54) is 0 Å². The number of carbonyl (C=O) groups is 2. The van der Waals surface area contributed by atoms with E-state index in [0.29, 0.717) is 17.3 Å². The molecule has 0 aliphatic rings. The molecule has 2 amide bonds. The van der Waals surface area contributed by atoms with Crippen molar-refractivity contribution in [1.29, 1.82) is 0 Å². The number of hydrogen-bond donors (Lipinski definition) is 1. The van der Waals surface area contributed by atoms with Crippen molar-refractivity contribution in [3.63, 3.8) is 0 Å². The molecular weight excluding hydrogens is 324 g/mol. The highest BCUT2D eigenvalue weighted by atomic mass is 35.5. The van der Waals surface area contributed by atoms with E-state index in [2.05, 4.69) is 5.32 Å². The second-order valence-corrected chi connectivity index (χ2v) is 6.67. The number of nitrogens with one attached hydrogen (secondary N) is 1. The van der Waals surface area contributed by atoms with E-state index in [4.69, 9.17) is 11.6 Å². The van der Waals surface area contributed by atoms with Crippen LogP contribution in [0, 0.1) is 5.41 Å². The lowest BCUT2D eigenvalue weighted by atomic mass is 9.90. The van der Waals surface area contributed by atoms with Crippen LogP contribution in [-0.4, -0.2) is 23.8 Å². The Morgan fingerprint density at radius 2 is 1.75 bits per heavy atom. The third-order valence-corrected chi connectivity index (χ3v) is 4.03. The SMILES string of the molecule is CN(Cc1ccccc1)C(=O)C(C)(C)C(=O)Nc1cccc(Cl)c1. The molecule has 0 saturated carbocycles. The minimum absolute atomic E-state index is 0.245. The number of nitrogens with zero attached hydrogens (tertiary/aromatic N) is 1. The first-order valence-corrected chi connectivity index (χ1v) is 8.05. The molecule has 0 aromatic heterocycles. The Kier molecular flexibility index (Phi) is 5.62. The summed E-state index contributed by atoms with van der Waals surface area (Å²) in [4.78, 5) is 26.8. The molecule has 0 heterocycles. The van der Waals surface area contributed by atoms with E-state index in [0.717, 1.165) is 5.56 Å². The van der Waals surface area contributed by atoms with Gasteiger partial charge >= 0.3 is 0 Å². The molecular formula is C19H21ClN2O2. The Morgan fingerprint density at radius 3 is 2.38 bits per heavy atom. The quantitative estimate of drug-likeness (QED) is 0.834. The molecule has 0 unspecified atom stereocenters. The Labute approximate surface area is 147 Å². The summed E-state index contributed by atoms with van der Waals surface area (Å²) in [6.45, 7) is 3.70. The van der Waals surface area contributed by atoms with Gasteiger partial charge in [-0.1, -0.05) is 48.0 Å². The summed E-state index contributed by atoms with van der Waals surface area (Å²) in [6.07, 6.45) is 0. The van der Waals surface area contributed by atoms with E-state index in [1.54, 1.807) is 50.1 Å². The smallest absolute Gasteiger partial charge is 0.239 e. The first kappa shape index (κ1) is 18.0. The number of anilines is 1. The third kappa shape index (κ3) is 4.36. The van der Waals surface area contributed by atoms with Crippen molar-refractivity contribution in [2.75, 3.05) is 12.4 Å². The van der Waals surface area contributed by atoms with Gasteiger partial charge in [-0.05, 0) is 37.6 Å². The standard InChI is InChI=1S/C19H21ClN2O2/c1-19(2,17(23)21-16-11-7-10-15(20)12-16)18(24)22(3)13-14-8-5-4-6-9-14/h4-12H,13H2,1-3H3,(H,21,23). The zero-order valence-corrected chi connectivity index (χ0v) is 14.8. The van der Waals surface area contributed by atoms with Crippen LogP contribution in [0.4, 0.5) is 5.69 Å². The summed E-state index contributed by atoms with van der Waals surface area (Å²) >= 11 is 5.92. The zero-order valence-electron chi connectivity index (χ0n) is 14.0. The molecule has 2 aromatic carbocycles. The minimum atomic E-state index is -1.19. The molecule has 0 fully saturated rings. The normalized spacial score (nSPS) is 11.0. The van der Waals surface area contributed by atoms with Crippen LogP contribution in [-0.2, 0) is 16.1 Å². The lowest BCUT2D eigenvalue weighted by molar-refractivity contribution is -0.145. The van der Waals surface area contributed by atoms with E-state index in [9.17, 15) is 9.59 Å². The van der Waals surface area contributed by atoms with Crippen LogP contribution in [0.15, 0.2) is 54.6 Å². The van der Waals surface area contributed by atoms with Crippen molar-refractivity contribution in [3.8, 4) is 0 Å². The van der Waals surface area contributed by atoms with Crippen LogP contribution >= 0.6 is 11.6 Å². The van der Waals surface area contributed by atoms with Gasteiger partial charge in [-0.3, -0.25) is 9.59 Å². The van der Waals surface area contributed by atoms with Gasteiger partial charge in [0.15, 0.2) is 0 Å². The molecule has 2 aromatic rings. The predicted molar refractivity (Wildman–Crippen MR) is 96.8 cm³/mol. The number of benzene rings is 2. The molecule has 0 spiro atoms. The van der Waals surface area contributed by atoms with E-state index < -0.39 is 5.41 Å². The molecule has 24 heavy (non-hydrogen) atoms. The fourth-order valence-electron chi connectivity index (χ4n) is 2.36. The second kappa shape index (κ2) is 7.49. The average molecular weight is 345 g/mol. The van der Waals surface area contributed by atoms with Crippen LogP contribution in [0.5, 0.6) is 0 Å². The zero-order chi connectivity index (χ0) is 17.7. The lowest BCUT2D eigenvalue weighted by Gasteiger charge is -2.28. The highest BCUT2D eigenvalue weighted by Gasteiger charge is 2.38. The Morgan fingerprint density at radius 1 is 1.08 bits per heavy atom. The monoisotopic (exact) mass is 344 g/mol. The number of amides is 2. The second-order valence-electron chi connectivity index (χ2n) is 6.24. The summed E-state index contributed by atoms with van der Waals surface area (Å²) in [7, 11) is 1.70. The van der Waals surface area contributed by atoms with Crippen molar-refractivity contribution < 1.29 is 9.59 Å². The van der Waals surface area contributed by atoms with Crippen LogP contribution in [0.3, 0.4) is 0 Å². The van der Waals surface area contributed by atoms with Crippen LogP contribution < -0.4 is 5.32 Å². The number of carbonyl (C=O) groups excluding carboxylic acids is 2. The highest BCUT2D eigenvalue weighted by Crippen LogP contribution is 2.23. The number of halogens is 1. The summed E-state index contributed by atoms with van der Waals surface area (Å²) in [5, 5.41) is 3.28. The predicted octanol–water partition coefficient (Wildman–Crippen LogP) is 3.96. The molecule has 1 N–H and O–H groups in total. The van der Waals surface area contributed by atoms with Gasteiger partial charge in [0.1, 0.15) is 5.41 Å². The molecule has 0 saturated heterocycles. The maximum absolute atomic E-state index is 12.7. The van der Waals surface area contributed by atoms with E-state index in [-0.39, 0.29) is 11.8 Å². The topological polar surface area (TPSA) is 49.4 Å². The van der Waals surface area contributed by atoms with Gasteiger partial charge in [0.2, 0.25) is 11.8 Å². The number of hydrogen-bond acceptors (Lipinski definition) is 2. The molecule has 4 nitrogen and oxygen atoms in total. The Hall–Kier alpha value is -2.33. The van der Waals surface area contributed by atoms with Gasteiger partial charge in [0.25, 0.3) is 0 Å². The first-order chi connectivity index (χ1) is 11.3. The third-order valence-electron chi connectivity index (χ3n) is 3.79. The van der Waals surface area contributed by atoms with Crippen molar-refractivity contribution in [2.45, 2.75) is 20.4 Å². The highest BCUT2D eigenvalue weighted by molar-refractivity contribution is 6.31. The van der Waals surface area contributed by atoms with Gasteiger partial charge in [0, 0.05) is 24.3 Å². The maximum Gasteiger partial charge on any atom is 0.239 e. The van der Waals surface area contributed by atoms with Crippen molar-refractivity contribution in [3.05, 3.63) is 65.2 Å². The molecule has 0 atom stereocenters. The van der Waals surface area contributed by atoms with Crippen LogP contribution in [0.1, 0.15) is 19.4 Å². The van der Waals surface area contributed by atoms with Gasteiger partial charge in [0.05, 0.1) is 0 Å². The van der Waals surface area contributed by atoms with Gasteiger partial charge < -0.3 is 10.2 Å². The lowest BCUT2D eigenvalue weighted by Crippen LogP contribution is -2.45. The first-order valence-electron chi connectivity index (χ1n) is 7.67. The molecule has 0 aliphatic carbocycles. The van der Waals surface area contributed by atoms with Crippen LogP contribution in [0.2, 0.25) is 5.02 Å². The van der Waals surface area contributed by atoms with Crippen LogP contribution in [0.25, 0.3) is 0 Å². The molecule has 0 aliphatic heterocycles. The number of rotatable bonds is 5. The minimum Gasteiger partial charge on any atom is -0.341 e. The maximum atomic E-state index is 12.7. The fourth-order valence-corrected chi connectivity index (χ4v) is 2.55. The van der Waals surface area contributed by atoms with Gasteiger partial charge in [-0.15, -0.1) is 0 Å². The fraction of sp³-hybridized carbons (Fsp3) is 0.263. The van der Waals surface area contributed by atoms with Crippen molar-refractivity contribution >= 4 is 29.1 Å². The van der Waals surface area contributed by atoms with Crippen molar-refractivity contribution in [2.24, 2.45) is 5.41 Å². The molecule has 0 bridgehead atoms. The molecule has 126 valence electrons. The Balaban J connectivity index is 2.07. The molecule has 0 radical (unpaired) electrons. The molecule has 2 rings (SSSR count). The summed E-state index contributed by atoms with van der Waals surface area (Å²) in [6, 6.07) is 16.5. The van der Waals surface area contributed by atoms with E-state index >= 15 is 0 Å². The van der Waals surface area contributed by atoms with Crippen molar-refractivity contribution in [1.82, 2.24) is 4.90 Å². The van der Waals surface area contributed by atoms with Gasteiger partial charge in [-0.2, -0.15) is 0 Å². The van der Waals surface area contributed by atoms with E-state index in [1.807, 2.05) is 30.3 Å². The average Bonchev–Trinajstić information content (AvgIpc) is 2.55. The summed E-state index contributed by atoms with van der Waals surface area (Å²) in [5.74, 6) is -0.611. The largest absolute Gasteiger partial charge is 0.341 e. The summed E-state index contributed by atoms with van der Waals surface area (Å²) < 4.78 is 0. The van der Waals surface area contributed by atoms with Gasteiger partial charge in [-0.25, -0.2) is 0 Å². The molecule has 5 heteroatoms. The Bertz CT molecular complexity index is 729. The summed E-state index contributed by atoms with van der Waals surface area (Å²) in [5.41, 5.74) is 0.393.